The van der Waals surface area contributed by atoms with E-state index in [9.17, 15) is 0 Å². The Balaban J connectivity index is 2.02. The standard InChI is InChI=1S/C16H20N2O/c1-12-4-3-5-14-15(6-9-17-16(12)14)18(2)13-7-10-19-11-8-13/h3-6,9,13H,7-8,10-11H2,1-2H3. The summed E-state index contributed by atoms with van der Waals surface area (Å²) >= 11 is 0. The van der Waals surface area contributed by atoms with Crippen molar-refractivity contribution in [1.29, 1.82) is 0 Å². The first-order chi connectivity index (χ1) is 9.27. The number of para-hydroxylation sites is 1. The van der Waals surface area contributed by atoms with Gasteiger partial charge in [-0.3, -0.25) is 4.98 Å². The van der Waals surface area contributed by atoms with Gasteiger partial charge in [0.25, 0.3) is 0 Å². The fourth-order valence-electron chi connectivity index (χ4n) is 2.89. The molecule has 0 saturated carbocycles. The zero-order chi connectivity index (χ0) is 13.2. The molecule has 3 heteroatoms. The number of aryl methyl sites for hydroxylation is 1. The average molecular weight is 256 g/mol. The van der Waals surface area contributed by atoms with E-state index in [0.717, 1.165) is 31.6 Å². The number of anilines is 1. The largest absolute Gasteiger partial charge is 0.381 e. The molecule has 1 aromatic carbocycles. The van der Waals surface area contributed by atoms with Gasteiger partial charge in [0.2, 0.25) is 0 Å². The van der Waals surface area contributed by atoms with Crippen LogP contribution in [0.3, 0.4) is 0 Å². The number of hydrogen-bond donors (Lipinski definition) is 0. The van der Waals surface area contributed by atoms with Crippen molar-refractivity contribution in [3.8, 4) is 0 Å². The van der Waals surface area contributed by atoms with Gasteiger partial charge in [-0.15, -0.1) is 0 Å². The molecule has 0 bridgehead atoms. The number of benzene rings is 1. The summed E-state index contributed by atoms with van der Waals surface area (Å²) in [5, 5.41) is 1.25. The number of pyridine rings is 1. The highest BCUT2D eigenvalue weighted by Gasteiger charge is 2.20. The van der Waals surface area contributed by atoms with Crippen LogP contribution in [0.2, 0.25) is 0 Å². The summed E-state index contributed by atoms with van der Waals surface area (Å²) in [4.78, 5) is 6.91. The smallest absolute Gasteiger partial charge is 0.0751 e. The molecule has 0 N–H and O–H groups in total. The maximum Gasteiger partial charge on any atom is 0.0751 e. The van der Waals surface area contributed by atoms with Crippen LogP contribution in [0.1, 0.15) is 18.4 Å². The predicted octanol–water partition coefficient (Wildman–Crippen LogP) is 3.16. The van der Waals surface area contributed by atoms with E-state index in [1.54, 1.807) is 0 Å². The Morgan fingerprint density at radius 3 is 2.79 bits per heavy atom. The van der Waals surface area contributed by atoms with Crippen molar-refractivity contribution < 1.29 is 4.74 Å². The third kappa shape index (κ3) is 2.30. The van der Waals surface area contributed by atoms with Gasteiger partial charge in [-0.2, -0.15) is 0 Å². The third-order valence-corrected chi connectivity index (χ3v) is 4.07. The van der Waals surface area contributed by atoms with Crippen molar-refractivity contribution in [3.63, 3.8) is 0 Å². The van der Waals surface area contributed by atoms with E-state index in [-0.39, 0.29) is 0 Å². The monoisotopic (exact) mass is 256 g/mol. The molecular formula is C16H20N2O. The first-order valence-electron chi connectivity index (χ1n) is 6.92. The van der Waals surface area contributed by atoms with Gasteiger partial charge in [-0.1, -0.05) is 18.2 Å². The molecule has 0 aliphatic carbocycles. The fourth-order valence-corrected chi connectivity index (χ4v) is 2.89. The number of aromatic nitrogens is 1. The molecule has 1 fully saturated rings. The Morgan fingerprint density at radius 1 is 1.21 bits per heavy atom. The molecule has 3 nitrogen and oxygen atoms in total. The molecule has 1 aliphatic heterocycles. The minimum absolute atomic E-state index is 0.569. The second kappa shape index (κ2) is 5.17. The predicted molar refractivity (Wildman–Crippen MR) is 78.7 cm³/mol. The van der Waals surface area contributed by atoms with Gasteiger partial charge in [0.1, 0.15) is 0 Å². The Labute approximate surface area is 114 Å². The number of rotatable bonds is 2. The van der Waals surface area contributed by atoms with Crippen molar-refractivity contribution in [2.24, 2.45) is 0 Å². The van der Waals surface area contributed by atoms with Crippen LogP contribution >= 0.6 is 0 Å². The maximum atomic E-state index is 5.45. The lowest BCUT2D eigenvalue weighted by Gasteiger charge is -2.33. The van der Waals surface area contributed by atoms with Crippen LogP contribution in [0, 0.1) is 6.92 Å². The number of ether oxygens (including phenoxy) is 1. The van der Waals surface area contributed by atoms with E-state index in [1.165, 1.54) is 16.6 Å². The van der Waals surface area contributed by atoms with Gasteiger partial charge < -0.3 is 9.64 Å². The molecule has 0 spiro atoms. The van der Waals surface area contributed by atoms with Crippen LogP contribution in [0.4, 0.5) is 5.69 Å². The Bertz CT molecular complexity index is 576. The van der Waals surface area contributed by atoms with E-state index in [0.29, 0.717) is 6.04 Å². The van der Waals surface area contributed by atoms with Crippen LogP contribution in [0.15, 0.2) is 30.5 Å². The van der Waals surface area contributed by atoms with Gasteiger partial charge >= 0.3 is 0 Å². The van der Waals surface area contributed by atoms with Gasteiger partial charge in [0.15, 0.2) is 0 Å². The third-order valence-electron chi connectivity index (χ3n) is 4.07. The molecule has 100 valence electrons. The molecule has 0 amide bonds. The summed E-state index contributed by atoms with van der Waals surface area (Å²) in [5.41, 5.74) is 3.62. The highest BCUT2D eigenvalue weighted by Crippen LogP contribution is 2.29. The zero-order valence-electron chi connectivity index (χ0n) is 11.6. The molecule has 3 rings (SSSR count). The van der Waals surface area contributed by atoms with E-state index >= 15 is 0 Å². The summed E-state index contributed by atoms with van der Waals surface area (Å²) in [7, 11) is 2.19. The molecule has 2 aromatic rings. The molecular weight excluding hydrogens is 236 g/mol. The van der Waals surface area contributed by atoms with Gasteiger partial charge in [-0.05, 0) is 31.4 Å². The minimum Gasteiger partial charge on any atom is -0.381 e. The first-order valence-corrected chi connectivity index (χ1v) is 6.92. The number of nitrogens with zero attached hydrogens (tertiary/aromatic N) is 2. The average Bonchev–Trinajstić information content (AvgIpc) is 2.47. The van der Waals surface area contributed by atoms with Crippen LogP contribution < -0.4 is 4.90 Å². The normalized spacial score (nSPS) is 16.7. The summed E-state index contributed by atoms with van der Waals surface area (Å²) in [5.74, 6) is 0. The first kappa shape index (κ1) is 12.4. The van der Waals surface area contributed by atoms with Crippen LogP contribution in [-0.4, -0.2) is 31.3 Å². The summed E-state index contributed by atoms with van der Waals surface area (Å²) in [6, 6.07) is 9.09. The highest BCUT2D eigenvalue weighted by molar-refractivity contribution is 5.93. The van der Waals surface area contributed by atoms with Crippen molar-refractivity contribution in [2.75, 3.05) is 25.2 Å². The molecule has 0 unspecified atom stereocenters. The Hall–Kier alpha value is -1.61. The van der Waals surface area contributed by atoms with Gasteiger partial charge in [0, 0.05) is 43.6 Å². The Morgan fingerprint density at radius 2 is 2.00 bits per heavy atom. The molecule has 2 heterocycles. The lowest BCUT2D eigenvalue weighted by atomic mass is 10.0. The van der Waals surface area contributed by atoms with Crippen molar-refractivity contribution in [1.82, 2.24) is 4.98 Å². The van der Waals surface area contributed by atoms with E-state index < -0.39 is 0 Å². The van der Waals surface area contributed by atoms with Crippen LogP contribution in [0.25, 0.3) is 10.9 Å². The highest BCUT2D eigenvalue weighted by atomic mass is 16.5. The summed E-state index contributed by atoms with van der Waals surface area (Å²) < 4.78 is 5.45. The van der Waals surface area contributed by atoms with Crippen molar-refractivity contribution in [3.05, 3.63) is 36.0 Å². The Kier molecular flexibility index (Phi) is 3.38. The summed E-state index contributed by atoms with van der Waals surface area (Å²) in [6.07, 6.45) is 4.12. The second-order valence-electron chi connectivity index (χ2n) is 5.26. The molecule has 0 radical (unpaired) electrons. The quantitative estimate of drug-likeness (QED) is 0.825. The second-order valence-corrected chi connectivity index (χ2v) is 5.26. The minimum atomic E-state index is 0.569. The van der Waals surface area contributed by atoms with Gasteiger partial charge in [0.05, 0.1) is 5.52 Å². The van der Waals surface area contributed by atoms with Crippen LogP contribution in [-0.2, 0) is 4.74 Å². The lowest BCUT2D eigenvalue weighted by Crippen LogP contribution is -2.36. The number of fused-ring (bicyclic) bond motifs is 1. The van der Waals surface area contributed by atoms with Crippen LogP contribution in [0.5, 0.6) is 0 Å². The molecule has 19 heavy (non-hydrogen) atoms. The maximum absolute atomic E-state index is 5.45. The fraction of sp³-hybridized carbons (Fsp3) is 0.438. The van der Waals surface area contributed by atoms with E-state index in [4.69, 9.17) is 4.74 Å². The van der Waals surface area contributed by atoms with E-state index in [1.807, 2.05) is 6.20 Å². The molecule has 1 aliphatic rings. The van der Waals surface area contributed by atoms with Gasteiger partial charge in [-0.25, -0.2) is 0 Å². The van der Waals surface area contributed by atoms with Crippen molar-refractivity contribution in [2.45, 2.75) is 25.8 Å². The zero-order valence-corrected chi connectivity index (χ0v) is 11.6. The topological polar surface area (TPSA) is 25.4 Å². The molecule has 0 atom stereocenters. The SMILES string of the molecule is Cc1cccc2c(N(C)C3CCOCC3)ccnc12. The molecule has 1 saturated heterocycles. The van der Waals surface area contributed by atoms with Crippen molar-refractivity contribution >= 4 is 16.6 Å². The van der Waals surface area contributed by atoms with E-state index in [2.05, 4.69) is 48.1 Å². The molecule has 1 aromatic heterocycles. The lowest BCUT2D eigenvalue weighted by molar-refractivity contribution is 0.0855. The number of hydrogen-bond acceptors (Lipinski definition) is 3. The summed E-state index contributed by atoms with van der Waals surface area (Å²) in [6.45, 7) is 3.86.